The number of carbonyl (C=O) groups is 2. The number of nitrogens with zero attached hydrogens (tertiary/aromatic N) is 2. The SMILES string of the molecule is CC1=C(C(=O)N2CCc3ccc(C(F)(F)F)cc3C2)C2(CCN(C3CCCSC3)CC2)OC1=O. The Kier molecular flexibility index (Phi) is 6.21. The first-order valence-corrected chi connectivity index (χ1v) is 13.1. The molecule has 5 nitrogen and oxygen atoms in total. The fourth-order valence-corrected chi connectivity index (χ4v) is 6.97. The first-order valence-electron chi connectivity index (χ1n) is 11.9. The van der Waals surface area contributed by atoms with E-state index in [2.05, 4.69) is 4.90 Å². The Morgan fingerprint density at radius 3 is 2.62 bits per heavy atom. The summed E-state index contributed by atoms with van der Waals surface area (Å²) in [6.07, 6.45) is -0.418. The number of piperidine rings is 1. The lowest BCUT2D eigenvalue weighted by Crippen LogP contribution is -2.52. The monoisotopic (exact) mass is 494 g/mol. The molecule has 1 amide bonds. The summed E-state index contributed by atoms with van der Waals surface area (Å²) < 4.78 is 45.5. The average molecular weight is 495 g/mol. The molecule has 5 rings (SSSR count). The van der Waals surface area contributed by atoms with Crippen molar-refractivity contribution in [2.75, 3.05) is 31.1 Å². The summed E-state index contributed by atoms with van der Waals surface area (Å²) in [5, 5.41) is 0. The van der Waals surface area contributed by atoms with Gasteiger partial charge in [0.25, 0.3) is 5.91 Å². The molecule has 4 heterocycles. The molecule has 1 atom stereocenters. The first kappa shape index (κ1) is 23.7. The third-order valence-corrected chi connectivity index (χ3v) is 8.93. The number of amides is 1. The van der Waals surface area contributed by atoms with Gasteiger partial charge in [0.2, 0.25) is 0 Å². The van der Waals surface area contributed by atoms with Crippen molar-refractivity contribution in [2.24, 2.45) is 0 Å². The Labute approximate surface area is 201 Å². The van der Waals surface area contributed by atoms with E-state index in [1.165, 1.54) is 24.7 Å². The fraction of sp³-hybridized carbons (Fsp3) is 0.600. The lowest BCUT2D eigenvalue weighted by atomic mass is 9.81. The minimum atomic E-state index is -4.43. The van der Waals surface area contributed by atoms with Crippen molar-refractivity contribution >= 4 is 23.6 Å². The minimum absolute atomic E-state index is 0.102. The highest BCUT2D eigenvalue weighted by molar-refractivity contribution is 7.99. The number of esters is 1. The van der Waals surface area contributed by atoms with Crippen LogP contribution in [0.4, 0.5) is 13.2 Å². The molecule has 0 aromatic heterocycles. The lowest BCUT2D eigenvalue weighted by Gasteiger charge is -2.44. The van der Waals surface area contributed by atoms with Gasteiger partial charge >= 0.3 is 12.1 Å². The molecule has 1 aromatic carbocycles. The van der Waals surface area contributed by atoms with Crippen LogP contribution in [0, 0.1) is 0 Å². The van der Waals surface area contributed by atoms with Crippen molar-refractivity contribution in [3.8, 4) is 0 Å². The van der Waals surface area contributed by atoms with E-state index in [0.29, 0.717) is 48.6 Å². The van der Waals surface area contributed by atoms with Gasteiger partial charge in [-0.25, -0.2) is 4.79 Å². The fourth-order valence-electron chi connectivity index (χ4n) is 5.78. The van der Waals surface area contributed by atoms with Crippen LogP contribution in [0.2, 0.25) is 0 Å². The van der Waals surface area contributed by atoms with Crippen molar-refractivity contribution in [3.05, 3.63) is 46.0 Å². The number of carbonyl (C=O) groups excluding carboxylic acids is 2. The molecule has 0 aliphatic carbocycles. The predicted octanol–water partition coefficient (Wildman–Crippen LogP) is 4.19. The summed E-state index contributed by atoms with van der Waals surface area (Å²) in [4.78, 5) is 30.3. The highest BCUT2D eigenvalue weighted by atomic mass is 32.2. The van der Waals surface area contributed by atoms with Crippen LogP contribution in [-0.2, 0) is 33.5 Å². The van der Waals surface area contributed by atoms with Crippen LogP contribution >= 0.6 is 11.8 Å². The molecule has 1 unspecified atom stereocenters. The number of thioether (sulfide) groups is 1. The average Bonchev–Trinajstić information content (AvgIpc) is 3.07. The molecule has 4 aliphatic rings. The topological polar surface area (TPSA) is 49.9 Å². The van der Waals surface area contributed by atoms with E-state index in [0.717, 1.165) is 36.5 Å². The van der Waals surface area contributed by atoms with Crippen LogP contribution in [0.15, 0.2) is 29.3 Å². The third kappa shape index (κ3) is 4.26. The van der Waals surface area contributed by atoms with Gasteiger partial charge in [-0.15, -0.1) is 0 Å². The second kappa shape index (κ2) is 8.90. The van der Waals surface area contributed by atoms with Gasteiger partial charge in [0.1, 0.15) is 5.60 Å². The maximum Gasteiger partial charge on any atom is 0.416 e. The molecule has 4 aliphatic heterocycles. The van der Waals surface area contributed by atoms with Crippen LogP contribution in [0.5, 0.6) is 0 Å². The summed E-state index contributed by atoms with van der Waals surface area (Å²) in [5.74, 6) is 1.58. The zero-order valence-corrected chi connectivity index (χ0v) is 20.1. The molecule has 2 fully saturated rings. The van der Waals surface area contributed by atoms with Crippen LogP contribution < -0.4 is 0 Å². The molecular formula is C25H29F3N2O3S. The molecule has 34 heavy (non-hydrogen) atoms. The lowest BCUT2D eigenvalue weighted by molar-refractivity contribution is -0.152. The van der Waals surface area contributed by atoms with Gasteiger partial charge in [0.15, 0.2) is 0 Å². The molecular weight excluding hydrogens is 465 g/mol. The van der Waals surface area contributed by atoms with E-state index < -0.39 is 23.3 Å². The molecule has 0 N–H and O–H groups in total. The second-order valence-electron chi connectivity index (χ2n) is 9.75. The second-order valence-corrected chi connectivity index (χ2v) is 10.9. The number of hydrogen-bond donors (Lipinski definition) is 0. The summed E-state index contributed by atoms with van der Waals surface area (Å²) in [6.45, 7) is 3.67. The minimum Gasteiger partial charge on any atom is -0.450 e. The van der Waals surface area contributed by atoms with E-state index in [-0.39, 0.29) is 12.5 Å². The van der Waals surface area contributed by atoms with E-state index in [4.69, 9.17) is 4.74 Å². The maximum absolute atomic E-state index is 13.7. The van der Waals surface area contributed by atoms with Crippen molar-refractivity contribution in [1.29, 1.82) is 0 Å². The third-order valence-electron chi connectivity index (χ3n) is 7.73. The van der Waals surface area contributed by atoms with Crippen molar-refractivity contribution < 1.29 is 27.5 Å². The Bertz CT molecular complexity index is 1020. The van der Waals surface area contributed by atoms with E-state index in [1.54, 1.807) is 11.8 Å². The van der Waals surface area contributed by atoms with Gasteiger partial charge < -0.3 is 9.64 Å². The highest BCUT2D eigenvalue weighted by Gasteiger charge is 2.52. The Balaban J connectivity index is 1.35. The number of halogens is 3. The zero-order valence-electron chi connectivity index (χ0n) is 19.2. The molecule has 184 valence electrons. The Morgan fingerprint density at radius 2 is 1.94 bits per heavy atom. The summed E-state index contributed by atoms with van der Waals surface area (Å²) in [6, 6.07) is 4.27. The predicted molar refractivity (Wildman–Crippen MR) is 123 cm³/mol. The molecule has 0 bridgehead atoms. The van der Waals surface area contributed by atoms with Crippen LogP contribution in [0.3, 0.4) is 0 Å². The van der Waals surface area contributed by atoms with E-state index >= 15 is 0 Å². The molecule has 1 spiro atoms. The molecule has 2 saturated heterocycles. The largest absolute Gasteiger partial charge is 0.450 e. The first-order chi connectivity index (χ1) is 16.2. The summed E-state index contributed by atoms with van der Waals surface area (Å²) in [7, 11) is 0. The molecule has 0 radical (unpaired) electrons. The van der Waals surface area contributed by atoms with Gasteiger partial charge in [-0.1, -0.05) is 6.07 Å². The maximum atomic E-state index is 13.7. The van der Waals surface area contributed by atoms with Crippen molar-refractivity contribution in [3.63, 3.8) is 0 Å². The van der Waals surface area contributed by atoms with Crippen LogP contribution in [0.25, 0.3) is 0 Å². The van der Waals surface area contributed by atoms with Gasteiger partial charge in [0, 0.05) is 56.4 Å². The Morgan fingerprint density at radius 1 is 1.18 bits per heavy atom. The van der Waals surface area contributed by atoms with Crippen LogP contribution in [-0.4, -0.2) is 64.5 Å². The number of ether oxygens (including phenoxy) is 1. The van der Waals surface area contributed by atoms with Gasteiger partial charge in [-0.05, 0) is 55.2 Å². The van der Waals surface area contributed by atoms with Gasteiger partial charge in [-0.3, -0.25) is 9.69 Å². The van der Waals surface area contributed by atoms with Crippen molar-refractivity contribution in [1.82, 2.24) is 9.80 Å². The number of benzene rings is 1. The molecule has 9 heteroatoms. The summed E-state index contributed by atoms with van der Waals surface area (Å²) in [5.41, 5.74) is 0.448. The Hall–Kier alpha value is -2.00. The summed E-state index contributed by atoms with van der Waals surface area (Å²) >= 11 is 1.97. The number of likely N-dealkylation sites (tertiary alicyclic amines) is 1. The number of hydrogen-bond acceptors (Lipinski definition) is 5. The normalized spacial score (nSPS) is 25.5. The van der Waals surface area contributed by atoms with Gasteiger partial charge in [-0.2, -0.15) is 24.9 Å². The zero-order chi connectivity index (χ0) is 24.1. The van der Waals surface area contributed by atoms with Crippen LogP contribution in [0.1, 0.15) is 49.3 Å². The number of fused-ring (bicyclic) bond motifs is 1. The quantitative estimate of drug-likeness (QED) is 0.577. The molecule has 1 aromatic rings. The van der Waals surface area contributed by atoms with Gasteiger partial charge in [0.05, 0.1) is 11.1 Å². The number of alkyl halides is 3. The van der Waals surface area contributed by atoms with E-state index in [1.807, 2.05) is 11.8 Å². The van der Waals surface area contributed by atoms with E-state index in [9.17, 15) is 22.8 Å². The number of rotatable bonds is 2. The smallest absolute Gasteiger partial charge is 0.416 e. The highest BCUT2D eigenvalue weighted by Crippen LogP contribution is 2.43. The molecule has 0 saturated carbocycles. The standard InChI is InChI=1S/C25H29F3N2O3S/c1-16-21(22(31)30-9-6-17-4-5-19(25(26,27)28)13-18(17)14-30)24(33-23(16)32)7-10-29(11-8-24)20-3-2-12-34-15-20/h4-5,13,20H,2-3,6-12,14-15H2,1H3. The van der Waals surface area contributed by atoms with Crippen molar-refractivity contribution in [2.45, 2.75) is 63.4 Å².